The number of carboxylic acid groups (broad SMARTS) is 2. The van der Waals surface area contributed by atoms with E-state index in [0.717, 1.165) is 83.5 Å². The highest BCUT2D eigenvalue weighted by Gasteiger charge is 2.73. The molecule has 0 radical (unpaired) electrons. The van der Waals surface area contributed by atoms with E-state index in [2.05, 4.69) is 82.7 Å². The van der Waals surface area contributed by atoms with Gasteiger partial charge in [-0.25, -0.2) is 0 Å². The number of aliphatic carboxylic acids is 2. The van der Waals surface area contributed by atoms with Gasteiger partial charge in [0.1, 0.15) is 0 Å². The van der Waals surface area contributed by atoms with E-state index in [4.69, 9.17) is 0 Å². The molecule has 0 unspecified atom stereocenters. The van der Waals surface area contributed by atoms with Crippen LogP contribution in [0.15, 0.2) is 12.2 Å². The number of allylic oxidation sites excluding steroid dienone is 1. The molecule has 10 rings (SSSR count). The topological polar surface area (TPSA) is 115 Å². The average Bonchev–Trinajstić information content (AvgIpc) is 3.83. The number of carboxylic acids is 2. The molecule has 356 valence electrons. The second-order valence-corrected chi connectivity index (χ2v) is 28.0. The smallest absolute Gasteiger partial charge is 0.309 e. The highest BCUT2D eigenvalue weighted by molar-refractivity contribution is 5.76. The second-order valence-electron chi connectivity index (χ2n) is 28.0. The van der Waals surface area contributed by atoms with Crippen molar-refractivity contribution in [3.8, 4) is 0 Å². The summed E-state index contributed by atoms with van der Waals surface area (Å²) in [6.07, 6.45) is 22.5. The third-order valence-corrected chi connectivity index (χ3v) is 26.2. The fourth-order valence-corrected chi connectivity index (χ4v) is 22.4. The minimum Gasteiger partial charge on any atom is -0.481 e. The van der Waals surface area contributed by atoms with Crippen LogP contribution < -0.4 is 0 Å². The van der Waals surface area contributed by atoms with E-state index in [1.807, 2.05) is 0 Å². The molecule has 0 bridgehead atoms. The quantitative estimate of drug-likeness (QED) is 0.210. The SMILES string of the molecule is C=C(C)[C@@H]1CC[C@]2(C(=O)O)CC[C@]3(C)[C@H](CC[C@@H]4[C@@]5(C)CC[C@H](O)C(C)(C)[C@@H]5CC[C@]43C)[C@@H]12.CC1(C)[C@@H](O)CC[C@]2(C)[C@H]3CC[C@@H]4[C@H]5CCC[C@]5(C(=O)O)CC[C@@]4(C)[C@]3(C)CC[C@@H]12. The molecule has 0 aromatic heterocycles. The van der Waals surface area contributed by atoms with Crippen LogP contribution in [0.1, 0.15) is 211 Å². The highest BCUT2D eigenvalue weighted by atomic mass is 16.4. The van der Waals surface area contributed by atoms with Crippen molar-refractivity contribution < 1.29 is 30.0 Å². The summed E-state index contributed by atoms with van der Waals surface area (Å²) in [6, 6.07) is 0. The molecule has 10 saturated carbocycles. The van der Waals surface area contributed by atoms with E-state index < -0.39 is 22.8 Å². The van der Waals surface area contributed by atoms with Gasteiger partial charge in [-0.05, 0) is 232 Å². The van der Waals surface area contributed by atoms with Gasteiger partial charge in [-0.1, -0.05) is 87.8 Å². The maximum Gasteiger partial charge on any atom is 0.309 e. The number of aliphatic hydroxyl groups excluding tert-OH is 2. The first-order valence-corrected chi connectivity index (χ1v) is 26.7. The van der Waals surface area contributed by atoms with Crippen LogP contribution in [0.2, 0.25) is 0 Å². The minimum absolute atomic E-state index is 0.00254. The van der Waals surface area contributed by atoms with Crippen molar-refractivity contribution in [2.75, 3.05) is 0 Å². The van der Waals surface area contributed by atoms with E-state index in [1.165, 1.54) is 56.9 Å². The lowest BCUT2D eigenvalue weighted by Gasteiger charge is -2.72. The van der Waals surface area contributed by atoms with E-state index in [1.54, 1.807) is 0 Å². The van der Waals surface area contributed by atoms with Gasteiger partial charge < -0.3 is 20.4 Å². The molecule has 6 nitrogen and oxygen atoms in total. The van der Waals surface area contributed by atoms with E-state index >= 15 is 0 Å². The van der Waals surface area contributed by atoms with Crippen LogP contribution in [0.3, 0.4) is 0 Å². The zero-order valence-electron chi connectivity index (χ0n) is 42.0. The fourth-order valence-electron chi connectivity index (χ4n) is 22.4. The largest absolute Gasteiger partial charge is 0.481 e. The average molecular weight is 873 g/mol. The van der Waals surface area contributed by atoms with Gasteiger partial charge in [0, 0.05) is 0 Å². The number of hydrogen-bond donors (Lipinski definition) is 4. The molecule has 4 N–H and O–H groups in total. The van der Waals surface area contributed by atoms with Crippen LogP contribution >= 0.6 is 0 Å². The van der Waals surface area contributed by atoms with Crippen LogP contribution in [0.4, 0.5) is 0 Å². The summed E-state index contributed by atoms with van der Waals surface area (Å²) in [7, 11) is 0. The van der Waals surface area contributed by atoms with Crippen LogP contribution in [0, 0.1) is 107 Å². The minimum atomic E-state index is -0.538. The summed E-state index contributed by atoms with van der Waals surface area (Å²) in [5.41, 5.74) is 1.80. The summed E-state index contributed by atoms with van der Waals surface area (Å²) >= 11 is 0. The maximum absolute atomic E-state index is 12.8. The first-order chi connectivity index (χ1) is 29.2. The van der Waals surface area contributed by atoms with Gasteiger partial charge in [0.05, 0.1) is 23.0 Å². The molecule has 6 heteroatoms. The van der Waals surface area contributed by atoms with Crippen LogP contribution in [0.25, 0.3) is 0 Å². The molecule has 19 atom stereocenters. The molecular weight excluding hydrogens is 781 g/mol. The predicted molar refractivity (Wildman–Crippen MR) is 252 cm³/mol. The number of rotatable bonds is 3. The number of fused-ring (bicyclic) bond motifs is 14. The van der Waals surface area contributed by atoms with Crippen molar-refractivity contribution in [2.24, 2.45) is 107 Å². The van der Waals surface area contributed by atoms with Gasteiger partial charge >= 0.3 is 11.9 Å². The Hall–Kier alpha value is -1.40. The maximum atomic E-state index is 12.8. The lowest BCUT2D eigenvalue weighted by atomic mass is 9.32. The van der Waals surface area contributed by atoms with Gasteiger partial charge in [0.25, 0.3) is 0 Å². The Morgan fingerprint density at radius 2 is 0.905 bits per heavy atom. The summed E-state index contributed by atoms with van der Waals surface area (Å²) in [6.45, 7) is 31.2. The normalized spacial score (nSPS) is 55.9. The Balaban J connectivity index is 0.000000161. The predicted octanol–water partition coefficient (Wildman–Crippen LogP) is 13.4. The molecule has 0 aromatic carbocycles. The van der Waals surface area contributed by atoms with Crippen LogP contribution in [0.5, 0.6) is 0 Å². The summed E-state index contributed by atoms with van der Waals surface area (Å²) in [5, 5.41) is 42.4. The Morgan fingerprint density at radius 3 is 1.38 bits per heavy atom. The van der Waals surface area contributed by atoms with Gasteiger partial charge in [0.15, 0.2) is 0 Å². The van der Waals surface area contributed by atoms with Gasteiger partial charge in [-0.15, -0.1) is 0 Å². The zero-order chi connectivity index (χ0) is 45.9. The number of hydrogen-bond acceptors (Lipinski definition) is 4. The molecule has 0 amide bonds. The molecule has 0 saturated heterocycles. The Morgan fingerprint density at radius 1 is 0.444 bits per heavy atom. The fraction of sp³-hybridized carbons (Fsp3) is 0.930. The van der Waals surface area contributed by atoms with Gasteiger partial charge in [0.2, 0.25) is 0 Å². The third-order valence-electron chi connectivity index (χ3n) is 26.2. The second kappa shape index (κ2) is 14.6. The Bertz CT molecular complexity index is 1870. The first-order valence-electron chi connectivity index (χ1n) is 26.7. The van der Waals surface area contributed by atoms with Crippen LogP contribution in [-0.4, -0.2) is 44.6 Å². The lowest BCUT2D eigenvalue weighted by molar-refractivity contribution is -0.248. The molecule has 0 aliphatic heterocycles. The van der Waals surface area contributed by atoms with Crippen molar-refractivity contribution in [1.29, 1.82) is 0 Å². The highest BCUT2D eigenvalue weighted by Crippen LogP contribution is 2.79. The monoisotopic (exact) mass is 873 g/mol. The van der Waals surface area contributed by atoms with Gasteiger partial charge in [-0.3, -0.25) is 9.59 Å². The molecular formula is C57H92O6. The first kappa shape index (κ1) is 46.7. The lowest BCUT2D eigenvalue weighted by Crippen LogP contribution is -2.67. The van der Waals surface area contributed by atoms with Crippen molar-refractivity contribution in [3.63, 3.8) is 0 Å². The number of aliphatic hydroxyl groups is 2. The van der Waals surface area contributed by atoms with Crippen molar-refractivity contribution >= 4 is 11.9 Å². The van der Waals surface area contributed by atoms with E-state index in [0.29, 0.717) is 58.2 Å². The standard InChI is InChI=1S/C30H48O3.C27H44O3/c1-18(2)19-10-15-30(25(32)33)17-16-28(6)20(24(19)30)8-9-22-27(5)13-12-23(31)26(3,4)21(27)11-14-29(22,28)7;1-23(2)19-10-14-26(5)20(24(19,3)13-11-21(23)28)9-8-17-18-7-6-12-27(18,22(29)30)16-15-25(17,26)4/h19-24,31H,1,8-17H2,2-7H3,(H,32,33);17-21,28H,6-16H2,1-5H3,(H,29,30)/t19-,20+,21-,22+,23-,24+,27-,28+,29+,30-;17-,18-,19+,20-,21+,24+,25-,26-,27+/m01/s1. The third kappa shape index (κ3) is 5.79. The Labute approximate surface area is 383 Å². The summed E-state index contributed by atoms with van der Waals surface area (Å²) in [5.74, 6) is 3.56. The van der Waals surface area contributed by atoms with Crippen molar-refractivity contribution in [3.05, 3.63) is 12.2 Å². The van der Waals surface area contributed by atoms with E-state index in [-0.39, 0.29) is 50.6 Å². The van der Waals surface area contributed by atoms with Crippen LogP contribution in [-0.2, 0) is 9.59 Å². The van der Waals surface area contributed by atoms with E-state index in [9.17, 15) is 30.0 Å². The molecule has 10 aliphatic rings. The summed E-state index contributed by atoms with van der Waals surface area (Å²) < 4.78 is 0. The molecule has 63 heavy (non-hydrogen) atoms. The molecule has 10 aliphatic carbocycles. The molecule has 10 fully saturated rings. The summed E-state index contributed by atoms with van der Waals surface area (Å²) in [4.78, 5) is 25.2. The molecule has 0 spiro atoms. The van der Waals surface area contributed by atoms with Crippen molar-refractivity contribution in [2.45, 2.75) is 223 Å². The molecule has 0 heterocycles. The van der Waals surface area contributed by atoms with Gasteiger partial charge in [-0.2, -0.15) is 0 Å². The molecule has 0 aromatic rings. The number of carbonyl (C=O) groups is 2. The zero-order valence-corrected chi connectivity index (χ0v) is 42.0. The van der Waals surface area contributed by atoms with Crippen molar-refractivity contribution in [1.82, 2.24) is 0 Å². The Kier molecular flexibility index (Phi) is 10.8.